The largest absolute Gasteiger partial charge is 0.352 e. The van der Waals surface area contributed by atoms with Crippen molar-refractivity contribution in [3.05, 3.63) is 42.5 Å². The Morgan fingerprint density at radius 2 is 2.11 bits per heavy atom. The third-order valence-corrected chi connectivity index (χ3v) is 2.39. The van der Waals surface area contributed by atoms with Crippen LogP contribution in [0.4, 0.5) is 10.5 Å². The van der Waals surface area contributed by atoms with Crippen molar-refractivity contribution in [1.82, 2.24) is 10.2 Å². The molecule has 5 heteroatoms. The van der Waals surface area contributed by atoms with Gasteiger partial charge in [-0.2, -0.15) is 0 Å². The van der Waals surface area contributed by atoms with Crippen molar-refractivity contribution in [3.63, 3.8) is 0 Å². The van der Waals surface area contributed by atoms with Crippen LogP contribution < -0.4 is 10.6 Å². The summed E-state index contributed by atoms with van der Waals surface area (Å²) in [6.07, 6.45) is 1.91. The standard InChI is InChI=1S/C14H19N3O2/c1-4-8-15-13(18)10-11-6-5-7-12(9-11)16-14(19)17(2)3/h4-7,9H,1,8,10H2,2-3H3,(H,15,18)(H,16,19). The summed E-state index contributed by atoms with van der Waals surface area (Å²) in [4.78, 5) is 24.5. The minimum absolute atomic E-state index is 0.0732. The van der Waals surface area contributed by atoms with E-state index in [0.29, 0.717) is 12.2 Å². The normalized spacial score (nSPS) is 9.58. The van der Waals surface area contributed by atoms with Gasteiger partial charge < -0.3 is 15.5 Å². The maximum Gasteiger partial charge on any atom is 0.321 e. The van der Waals surface area contributed by atoms with Crippen LogP contribution in [-0.2, 0) is 11.2 Å². The van der Waals surface area contributed by atoms with Gasteiger partial charge in [-0.3, -0.25) is 4.79 Å². The molecule has 0 fully saturated rings. The Hall–Kier alpha value is -2.30. The summed E-state index contributed by atoms with van der Waals surface area (Å²) < 4.78 is 0. The molecule has 1 aromatic rings. The lowest BCUT2D eigenvalue weighted by Crippen LogP contribution is -2.27. The third-order valence-electron chi connectivity index (χ3n) is 2.39. The zero-order valence-electron chi connectivity index (χ0n) is 11.3. The van der Waals surface area contributed by atoms with Gasteiger partial charge >= 0.3 is 6.03 Å². The zero-order chi connectivity index (χ0) is 14.3. The van der Waals surface area contributed by atoms with Crippen molar-refractivity contribution >= 4 is 17.6 Å². The van der Waals surface area contributed by atoms with E-state index >= 15 is 0 Å². The Bertz CT molecular complexity index is 470. The van der Waals surface area contributed by atoms with E-state index in [1.165, 1.54) is 4.90 Å². The fourth-order valence-corrected chi connectivity index (χ4v) is 1.43. The molecule has 0 radical (unpaired) electrons. The average Bonchev–Trinajstić information content (AvgIpc) is 2.36. The predicted octanol–water partition coefficient (Wildman–Crippen LogP) is 1.62. The van der Waals surface area contributed by atoms with E-state index in [9.17, 15) is 9.59 Å². The van der Waals surface area contributed by atoms with Crippen molar-refractivity contribution in [1.29, 1.82) is 0 Å². The minimum Gasteiger partial charge on any atom is -0.352 e. The number of urea groups is 1. The molecule has 0 saturated heterocycles. The summed E-state index contributed by atoms with van der Waals surface area (Å²) in [5, 5.41) is 5.44. The highest BCUT2D eigenvalue weighted by molar-refractivity contribution is 5.89. The molecule has 0 aliphatic carbocycles. The summed E-state index contributed by atoms with van der Waals surface area (Å²) in [5.74, 6) is -0.0732. The maximum absolute atomic E-state index is 11.6. The Balaban J connectivity index is 2.64. The minimum atomic E-state index is -0.201. The quantitative estimate of drug-likeness (QED) is 0.791. The van der Waals surface area contributed by atoms with Crippen LogP contribution in [0.25, 0.3) is 0 Å². The molecule has 5 nitrogen and oxygen atoms in total. The highest BCUT2D eigenvalue weighted by Crippen LogP contribution is 2.11. The molecule has 0 atom stereocenters. The molecule has 0 saturated carbocycles. The van der Waals surface area contributed by atoms with E-state index in [2.05, 4.69) is 17.2 Å². The van der Waals surface area contributed by atoms with Gasteiger partial charge in [-0.05, 0) is 17.7 Å². The number of rotatable bonds is 5. The highest BCUT2D eigenvalue weighted by Gasteiger charge is 2.06. The van der Waals surface area contributed by atoms with E-state index in [1.54, 1.807) is 38.4 Å². The third kappa shape index (κ3) is 5.25. The van der Waals surface area contributed by atoms with Gasteiger partial charge in [-0.1, -0.05) is 18.2 Å². The number of benzene rings is 1. The number of hydrogen-bond donors (Lipinski definition) is 2. The topological polar surface area (TPSA) is 61.4 Å². The van der Waals surface area contributed by atoms with Crippen molar-refractivity contribution in [2.24, 2.45) is 0 Å². The smallest absolute Gasteiger partial charge is 0.321 e. The van der Waals surface area contributed by atoms with Gasteiger partial charge in [0.15, 0.2) is 0 Å². The molecule has 0 bridgehead atoms. The van der Waals surface area contributed by atoms with Crippen LogP contribution in [0.3, 0.4) is 0 Å². The maximum atomic E-state index is 11.6. The van der Waals surface area contributed by atoms with Crippen molar-refractivity contribution in [2.75, 3.05) is 26.0 Å². The van der Waals surface area contributed by atoms with E-state index in [1.807, 2.05) is 6.07 Å². The van der Waals surface area contributed by atoms with Gasteiger partial charge in [-0.25, -0.2) is 4.79 Å². The number of hydrogen-bond acceptors (Lipinski definition) is 2. The van der Waals surface area contributed by atoms with Gasteiger partial charge in [0.1, 0.15) is 0 Å². The molecule has 2 N–H and O–H groups in total. The second-order valence-corrected chi connectivity index (χ2v) is 4.29. The molecule has 0 aliphatic heterocycles. The number of anilines is 1. The van der Waals surface area contributed by atoms with Crippen LogP contribution in [0, 0.1) is 0 Å². The lowest BCUT2D eigenvalue weighted by Gasteiger charge is -2.12. The first kappa shape index (κ1) is 14.8. The second kappa shape index (κ2) is 7.20. The van der Waals surface area contributed by atoms with Crippen LogP contribution in [0.1, 0.15) is 5.56 Å². The first-order valence-electron chi connectivity index (χ1n) is 5.97. The fourth-order valence-electron chi connectivity index (χ4n) is 1.43. The number of nitrogens with zero attached hydrogens (tertiary/aromatic N) is 1. The second-order valence-electron chi connectivity index (χ2n) is 4.29. The van der Waals surface area contributed by atoms with Gasteiger partial charge in [-0.15, -0.1) is 6.58 Å². The molecule has 19 heavy (non-hydrogen) atoms. The van der Waals surface area contributed by atoms with Crippen LogP contribution >= 0.6 is 0 Å². The summed E-state index contributed by atoms with van der Waals surface area (Å²) >= 11 is 0. The summed E-state index contributed by atoms with van der Waals surface area (Å²) in [7, 11) is 3.34. The molecule has 0 aromatic heterocycles. The molecule has 0 aliphatic rings. The number of nitrogens with one attached hydrogen (secondary N) is 2. The van der Waals surface area contributed by atoms with Gasteiger partial charge in [0, 0.05) is 26.3 Å². The fraction of sp³-hybridized carbons (Fsp3) is 0.286. The van der Waals surface area contributed by atoms with Gasteiger partial charge in [0.2, 0.25) is 5.91 Å². The van der Waals surface area contributed by atoms with E-state index in [0.717, 1.165) is 5.56 Å². The number of carbonyl (C=O) groups excluding carboxylic acids is 2. The molecular formula is C14H19N3O2. The average molecular weight is 261 g/mol. The van der Waals surface area contributed by atoms with Crippen molar-refractivity contribution < 1.29 is 9.59 Å². The molecule has 0 heterocycles. The van der Waals surface area contributed by atoms with Crippen molar-refractivity contribution in [2.45, 2.75) is 6.42 Å². The molecule has 0 spiro atoms. The van der Waals surface area contributed by atoms with Crippen molar-refractivity contribution in [3.8, 4) is 0 Å². The Labute approximate surface area is 113 Å². The zero-order valence-corrected chi connectivity index (χ0v) is 11.3. The van der Waals surface area contributed by atoms with Crippen LogP contribution in [-0.4, -0.2) is 37.5 Å². The van der Waals surface area contributed by atoms with Crippen LogP contribution in [0.15, 0.2) is 36.9 Å². The summed E-state index contributed by atoms with van der Waals surface area (Å²) in [6.45, 7) is 3.99. The molecule has 102 valence electrons. The first-order chi connectivity index (χ1) is 9.02. The molecule has 1 rings (SSSR count). The Morgan fingerprint density at radius 1 is 1.37 bits per heavy atom. The molecular weight excluding hydrogens is 242 g/mol. The summed E-state index contributed by atoms with van der Waals surface area (Å²) in [5.41, 5.74) is 1.52. The predicted molar refractivity (Wildman–Crippen MR) is 76.1 cm³/mol. The molecule has 0 unspecified atom stereocenters. The highest BCUT2D eigenvalue weighted by atomic mass is 16.2. The lowest BCUT2D eigenvalue weighted by atomic mass is 10.1. The molecule has 1 aromatic carbocycles. The lowest BCUT2D eigenvalue weighted by molar-refractivity contribution is -0.120. The Morgan fingerprint density at radius 3 is 2.74 bits per heavy atom. The number of carbonyl (C=O) groups is 2. The van der Waals surface area contributed by atoms with E-state index < -0.39 is 0 Å². The number of amides is 3. The van der Waals surface area contributed by atoms with E-state index in [4.69, 9.17) is 0 Å². The first-order valence-corrected chi connectivity index (χ1v) is 5.97. The Kier molecular flexibility index (Phi) is 5.60. The molecule has 3 amide bonds. The van der Waals surface area contributed by atoms with Crippen LogP contribution in [0.5, 0.6) is 0 Å². The van der Waals surface area contributed by atoms with Gasteiger partial charge in [0.25, 0.3) is 0 Å². The van der Waals surface area contributed by atoms with Crippen LogP contribution in [0.2, 0.25) is 0 Å². The van der Waals surface area contributed by atoms with Gasteiger partial charge in [0.05, 0.1) is 6.42 Å². The van der Waals surface area contributed by atoms with E-state index in [-0.39, 0.29) is 18.4 Å². The monoisotopic (exact) mass is 261 g/mol. The SMILES string of the molecule is C=CCNC(=O)Cc1cccc(NC(=O)N(C)C)c1. The summed E-state index contributed by atoms with van der Waals surface area (Å²) in [6, 6.07) is 7.02.